The van der Waals surface area contributed by atoms with Crippen LogP contribution >= 0.6 is 10.8 Å². The Hall–Kier alpha value is -4.02. The number of furan rings is 1. The Labute approximate surface area is 204 Å². The van der Waals surface area contributed by atoms with Crippen LogP contribution in [0.25, 0.3) is 33.7 Å². The van der Waals surface area contributed by atoms with Gasteiger partial charge in [-0.3, -0.25) is 0 Å². The molecule has 0 saturated heterocycles. The van der Waals surface area contributed by atoms with Crippen LogP contribution in [0, 0.1) is 0 Å². The van der Waals surface area contributed by atoms with E-state index in [2.05, 4.69) is 9.97 Å². The second kappa shape index (κ2) is 8.97. The smallest absolute Gasteiger partial charge is 0.237 e. The van der Waals surface area contributed by atoms with Crippen LogP contribution in [0.1, 0.15) is 0 Å². The molecule has 0 radical (unpaired) electrons. The summed E-state index contributed by atoms with van der Waals surface area (Å²) in [7, 11) is -1.96. The summed E-state index contributed by atoms with van der Waals surface area (Å²) in [5.41, 5.74) is 2.06. The standard InChI is InChI=1S/C25H18N2O6S2/c1-32-24-12-15(6-11-21(24)29)19-14-20(23-13-16-4-2-3-5-22(16)33-23)27-25(26-19)34-35(30,31)18-9-7-17(28)8-10-18/h2-14,28-29H,1H3. The Bertz CT molecular complexity index is 1610. The monoisotopic (exact) mass is 506 g/mol. The highest BCUT2D eigenvalue weighted by Gasteiger charge is 2.21. The molecule has 0 unspecified atom stereocenters. The maximum absolute atomic E-state index is 13.0. The first-order chi connectivity index (χ1) is 16.8. The minimum absolute atomic E-state index is 0.00546. The van der Waals surface area contributed by atoms with E-state index in [0.717, 1.165) is 5.39 Å². The van der Waals surface area contributed by atoms with E-state index in [0.29, 0.717) is 39.1 Å². The Balaban J connectivity index is 1.64. The zero-order valence-corrected chi connectivity index (χ0v) is 19.9. The fourth-order valence-electron chi connectivity index (χ4n) is 3.44. The zero-order chi connectivity index (χ0) is 24.6. The molecule has 0 aliphatic rings. The number of fused-ring (bicyclic) bond motifs is 1. The topological polar surface area (TPSA) is 123 Å². The van der Waals surface area contributed by atoms with E-state index >= 15 is 0 Å². The molecule has 10 heteroatoms. The SMILES string of the molecule is COc1cc(-c2cc(-c3cc4ccccc4o3)nc(SS(=O)(=O)c3ccc(O)cc3)n2)ccc1O. The van der Waals surface area contributed by atoms with E-state index in [1.165, 1.54) is 37.4 Å². The van der Waals surface area contributed by atoms with Crippen molar-refractivity contribution in [2.24, 2.45) is 0 Å². The number of phenolic OH excluding ortho intramolecular Hbond substituents is 2. The summed E-state index contributed by atoms with van der Waals surface area (Å²) in [6.07, 6.45) is 0. The minimum atomic E-state index is -3.89. The third kappa shape index (κ3) is 4.66. The molecule has 176 valence electrons. The van der Waals surface area contributed by atoms with Gasteiger partial charge in [-0.1, -0.05) is 18.2 Å². The molecule has 0 spiro atoms. The quantitative estimate of drug-likeness (QED) is 0.228. The number of hydrogen-bond donors (Lipinski definition) is 2. The average molecular weight is 507 g/mol. The fourth-order valence-corrected chi connectivity index (χ4v) is 5.91. The molecule has 0 saturated carbocycles. The van der Waals surface area contributed by atoms with Crippen LogP contribution in [-0.2, 0) is 8.87 Å². The Morgan fingerprint density at radius 1 is 0.886 bits per heavy atom. The molecule has 2 aromatic heterocycles. The van der Waals surface area contributed by atoms with Crippen molar-refractivity contribution in [3.8, 4) is 40.0 Å². The Kier molecular flexibility index (Phi) is 5.83. The molecule has 0 amide bonds. The maximum atomic E-state index is 13.0. The lowest BCUT2D eigenvalue weighted by atomic mass is 10.1. The van der Waals surface area contributed by atoms with Gasteiger partial charge in [-0.15, -0.1) is 0 Å². The fraction of sp³-hybridized carbons (Fsp3) is 0.0400. The first kappa shape index (κ1) is 22.8. The van der Waals surface area contributed by atoms with Gasteiger partial charge in [-0.05, 0) is 60.7 Å². The van der Waals surface area contributed by atoms with E-state index in [1.54, 1.807) is 18.2 Å². The summed E-state index contributed by atoms with van der Waals surface area (Å²) < 4.78 is 37.2. The summed E-state index contributed by atoms with van der Waals surface area (Å²) in [5, 5.41) is 20.3. The van der Waals surface area contributed by atoms with Crippen molar-refractivity contribution in [1.29, 1.82) is 0 Å². The van der Waals surface area contributed by atoms with Crippen molar-refractivity contribution in [3.63, 3.8) is 0 Å². The summed E-state index contributed by atoms with van der Waals surface area (Å²) in [6, 6.07) is 20.9. The minimum Gasteiger partial charge on any atom is -0.508 e. The number of ether oxygens (including phenoxy) is 1. The number of benzene rings is 3. The molecule has 0 aliphatic carbocycles. The molecule has 0 atom stereocenters. The van der Waals surface area contributed by atoms with Crippen molar-refractivity contribution in [2.75, 3.05) is 7.11 Å². The normalized spacial score (nSPS) is 11.6. The highest BCUT2D eigenvalue weighted by Crippen LogP contribution is 2.36. The van der Waals surface area contributed by atoms with E-state index < -0.39 is 8.87 Å². The molecular formula is C25H18N2O6S2. The lowest BCUT2D eigenvalue weighted by Crippen LogP contribution is -2.00. The van der Waals surface area contributed by atoms with Crippen molar-refractivity contribution in [2.45, 2.75) is 10.1 Å². The third-order valence-electron chi connectivity index (χ3n) is 5.17. The first-order valence-electron chi connectivity index (χ1n) is 10.3. The van der Waals surface area contributed by atoms with E-state index in [1.807, 2.05) is 30.3 Å². The summed E-state index contributed by atoms with van der Waals surface area (Å²) in [4.78, 5) is 8.93. The number of para-hydroxylation sites is 1. The predicted octanol–water partition coefficient (Wildman–Crippen LogP) is 5.46. The largest absolute Gasteiger partial charge is 0.508 e. The third-order valence-corrected chi connectivity index (χ3v) is 8.25. The molecule has 0 fully saturated rings. The number of nitrogens with zero attached hydrogens (tertiary/aromatic N) is 2. The Morgan fingerprint density at radius 3 is 2.37 bits per heavy atom. The number of methoxy groups -OCH3 is 1. The highest BCUT2D eigenvalue weighted by atomic mass is 33.1. The van der Waals surface area contributed by atoms with Crippen molar-refractivity contribution >= 4 is 30.6 Å². The van der Waals surface area contributed by atoms with Gasteiger partial charge < -0.3 is 19.4 Å². The molecule has 3 aromatic carbocycles. The van der Waals surface area contributed by atoms with Gasteiger partial charge in [-0.25, -0.2) is 18.4 Å². The van der Waals surface area contributed by atoms with E-state index in [9.17, 15) is 18.6 Å². The van der Waals surface area contributed by atoms with Gasteiger partial charge in [0.25, 0.3) is 0 Å². The number of rotatable bonds is 6. The number of phenols is 2. The lowest BCUT2D eigenvalue weighted by Gasteiger charge is -2.09. The van der Waals surface area contributed by atoms with Gasteiger partial charge in [-0.2, -0.15) is 0 Å². The van der Waals surface area contributed by atoms with E-state index in [4.69, 9.17) is 9.15 Å². The first-order valence-corrected chi connectivity index (χ1v) is 13.1. The number of hydrogen-bond acceptors (Lipinski definition) is 9. The van der Waals surface area contributed by atoms with Gasteiger partial charge in [0, 0.05) is 10.9 Å². The average Bonchev–Trinajstić information content (AvgIpc) is 3.29. The zero-order valence-electron chi connectivity index (χ0n) is 18.2. The lowest BCUT2D eigenvalue weighted by molar-refractivity contribution is 0.373. The molecule has 8 nitrogen and oxygen atoms in total. The van der Waals surface area contributed by atoms with Gasteiger partial charge >= 0.3 is 0 Å². The summed E-state index contributed by atoms with van der Waals surface area (Å²) in [6.45, 7) is 0. The van der Waals surface area contributed by atoms with Crippen molar-refractivity contribution in [1.82, 2.24) is 9.97 Å². The van der Waals surface area contributed by atoms with Crippen molar-refractivity contribution in [3.05, 3.63) is 78.9 Å². The van der Waals surface area contributed by atoms with Gasteiger partial charge in [0.1, 0.15) is 17.0 Å². The van der Waals surface area contributed by atoms with E-state index in [-0.39, 0.29) is 27.3 Å². The molecule has 0 bridgehead atoms. The van der Waals surface area contributed by atoms with Gasteiger partial charge in [0.2, 0.25) is 14.0 Å². The molecule has 2 N–H and O–H groups in total. The molecule has 5 aromatic rings. The molecule has 0 aliphatic heterocycles. The highest BCUT2D eigenvalue weighted by molar-refractivity contribution is 8.72. The van der Waals surface area contributed by atoms with Crippen LogP contribution in [0.5, 0.6) is 17.2 Å². The van der Waals surface area contributed by atoms with Gasteiger partial charge in [0.05, 0.1) is 28.5 Å². The second-order valence-corrected chi connectivity index (χ2v) is 11.2. The second-order valence-electron chi connectivity index (χ2n) is 7.49. The predicted molar refractivity (Wildman–Crippen MR) is 132 cm³/mol. The van der Waals surface area contributed by atoms with Crippen LogP contribution in [-0.4, -0.2) is 35.7 Å². The van der Waals surface area contributed by atoms with Crippen LogP contribution in [0.2, 0.25) is 0 Å². The van der Waals surface area contributed by atoms with Crippen LogP contribution in [0.3, 0.4) is 0 Å². The van der Waals surface area contributed by atoms with Crippen molar-refractivity contribution < 1.29 is 27.8 Å². The molecule has 5 rings (SSSR count). The Morgan fingerprint density at radius 2 is 1.63 bits per heavy atom. The van der Waals surface area contributed by atoms with Crippen LogP contribution < -0.4 is 4.74 Å². The number of aromatic hydroxyl groups is 2. The molecule has 35 heavy (non-hydrogen) atoms. The van der Waals surface area contributed by atoms with Gasteiger partial charge in [0.15, 0.2) is 17.3 Å². The van der Waals surface area contributed by atoms with Crippen LogP contribution in [0.4, 0.5) is 0 Å². The number of aromatic nitrogens is 2. The molecule has 2 heterocycles. The summed E-state index contributed by atoms with van der Waals surface area (Å²) in [5.74, 6) is 0.620. The summed E-state index contributed by atoms with van der Waals surface area (Å²) >= 11 is 0. The van der Waals surface area contributed by atoms with Crippen LogP contribution in [0.15, 0.2) is 93.3 Å². The molecular weight excluding hydrogens is 488 g/mol. The maximum Gasteiger partial charge on any atom is 0.237 e.